The Hall–Kier alpha value is -2.53. The van der Waals surface area contributed by atoms with Crippen molar-refractivity contribution in [2.45, 2.75) is 0 Å². The van der Waals surface area contributed by atoms with Crippen LogP contribution in [-0.4, -0.2) is 32.8 Å². The molecule has 0 aliphatic heterocycles. The third kappa shape index (κ3) is 5.30. The van der Waals surface area contributed by atoms with Gasteiger partial charge in [-0.15, -0.1) is 0 Å². The van der Waals surface area contributed by atoms with Crippen molar-refractivity contribution in [1.29, 1.82) is 0 Å². The third-order valence-corrected chi connectivity index (χ3v) is 3.32. The minimum absolute atomic E-state index is 0.152. The Morgan fingerprint density at radius 2 is 1.91 bits per heavy atom. The predicted molar refractivity (Wildman–Crippen MR) is 93.5 cm³/mol. The summed E-state index contributed by atoms with van der Waals surface area (Å²) in [5.74, 6) is 0.110. The SMILES string of the molecule is CN(C)c1ccc(/C=N/NC(=O)COc2ccccc2Cl)cc1. The molecule has 2 aromatic carbocycles. The van der Waals surface area contributed by atoms with Crippen molar-refractivity contribution >= 4 is 29.4 Å². The van der Waals surface area contributed by atoms with Crippen LogP contribution in [0.3, 0.4) is 0 Å². The fourth-order valence-corrected chi connectivity index (χ4v) is 1.96. The zero-order chi connectivity index (χ0) is 16.7. The zero-order valence-electron chi connectivity index (χ0n) is 13.0. The van der Waals surface area contributed by atoms with Crippen LogP contribution >= 0.6 is 11.6 Å². The van der Waals surface area contributed by atoms with Crippen molar-refractivity contribution in [1.82, 2.24) is 5.43 Å². The molecule has 2 rings (SSSR count). The Morgan fingerprint density at radius 1 is 1.22 bits per heavy atom. The molecule has 0 unspecified atom stereocenters. The first-order valence-corrected chi connectivity index (χ1v) is 7.40. The van der Waals surface area contributed by atoms with E-state index < -0.39 is 0 Å². The topological polar surface area (TPSA) is 53.9 Å². The number of ether oxygens (including phenoxy) is 1. The molecular weight excluding hydrogens is 314 g/mol. The molecule has 1 amide bonds. The van der Waals surface area contributed by atoms with Crippen LogP contribution in [0.5, 0.6) is 5.75 Å². The highest BCUT2D eigenvalue weighted by atomic mass is 35.5. The van der Waals surface area contributed by atoms with Gasteiger partial charge in [-0.05, 0) is 29.8 Å². The van der Waals surface area contributed by atoms with Crippen molar-refractivity contribution < 1.29 is 9.53 Å². The third-order valence-electron chi connectivity index (χ3n) is 3.01. The molecule has 0 atom stereocenters. The molecule has 0 spiro atoms. The number of hydrogen-bond donors (Lipinski definition) is 1. The van der Waals surface area contributed by atoms with Gasteiger partial charge in [0.2, 0.25) is 0 Å². The highest BCUT2D eigenvalue weighted by Gasteiger charge is 2.04. The van der Waals surface area contributed by atoms with E-state index in [-0.39, 0.29) is 12.5 Å². The van der Waals surface area contributed by atoms with E-state index in [0.29, 0.717) is 10.8 Å². The van der Waals surface area contributed by atoms with Gasteiger partial charge in [-0.1, -0.05) is 35.9 Å². The van der Waals surface area contributed by atoms with Gasteiger partial charge in [0.05, 0.1) is 11.2 Å². The monoisotopic (exact) mass is 331 g/mol. The van der Waals surface area contributed by atoms with Crippen molar-refractivity contribution in [2.24, 2.45) is 5.10 Å². The lowest BCUT2D eigenvalue weighted by atomic mass is 10.2. The Balaban J connectivity index is 1.80. The molecular formula is C17H18ClN3O2. The highest BCUT2D eigenvalue weighted by Crippen LogP contribution is 2.22. The number of hydrazone groups is 1. The van der Waals surface area contributed by atoms with E-state index in [1.807, 2.05) is 43.3 Å². The van der Waals surface area contributed by atoms with Gasteiger partial charge in [-0.3, -0.25) is 4.79 Å². The van der Waals surface area contributed by atoms with E-state index in [1.54, 1.807) is 30.5 Å². The first kappa shape index (κ1) is 16.8. The smallest absolute Gasteiger partial charge is 0.277 e. The summed E-state index contributed by atoms with van der Waals surface area (Å²) in [6.07, 6.45) is 1.58. The largest absolute Gasteiger partial charge is 0.482 e. The van der Waals surface area contributed by atoms with Gasteiger partial charge in [0, 0.05) is 19.8 Å². The molecule has 0 radical (unpaired) electrons. The Labute approximate surface area is 140 Å². The first-order chi connectivity index (χ1) is 11.1. The van der Waals surface area contributed by atoms with Gasteiger partial charge in [0.15, 0.2) is 6.61 Å². The molecule has 5 nitrogen and oxygen atoms in total. The van der Waals surface area contributed by atoms with Gasteiger partial charge in [-0.2, -0.15) is 5.10 Å². The minimum Gasteiger partial charge on any atom is -0.482 e. The van der Waals surface area contributed by atoms with Crippen LogP contribution in [0.15, 0.2) is 53.6 Å². The molecule has 0 fully saturated rings. The molecule has 1 N–H and O–H groups in total. The molecule has 0 aliphatic rings. The second kappa shape index (κ2) is 8.19. The average molecular weight is 332 g/mol. The quantitative estimate of drug-likeness (QED) is 0.654. The van der Waals surface area contributed by atoms with Crippen LogP contribution in [-0.2, 0) is 4.79 Å². The highest BCUT2D eigenvalue weighted by molar-refractivity contribution is 6.32. The number of anilines is 1. The van der Waals surface area contributed by atoms with Crippen molar-refractivity contribution in [3.8, 4) is 5.75 Å². The normalized spacial score (nSPS) is 10.6. The Kier molecular flexibility index (Phi) is 6.00. The van der Waals surface area contributed by atoms with Crippen LogP contribution in [0, 0.1) is 0 Å². The standard InChI is InChI=1S/C17H18ClN3O2/c1-21(2)14-9-7-13(8-10-14)11-19-20-17(22)12-23-16-6-4-3-5-15(16)18/h3-11H,12H2,1-2H3,(H,20,22)/b19-11+. The van der Waals surface area contributed by atoms with Crippen LogP contribution in [0.2, 0.25) is 5.02 Å². The number of hydrogen-bond acceptors (Lipinski definition) is 4. The van der Waals surface area contributed by atoms with Gasteiger partial charge < -0.3 is 9.64 Å². The number of amides is 1. The summed E-state index contributed by atoms with van der Waals surface area (Å²) in [7, 11) is 3.95. The summed E-state index contributed by atoms with van der Waals surface area (Å²) in [5, 5.41) is 4.36. The number of halogens is 1. The Bertz CT molecular complexity index is 684. The molecule has 0 bridgehead atoms. The molecule has 0 saturated carbocycles. The number of carbonyl (C=O) groups is 1. The number of nitrogens with one attached hydrogen (secondary N) is 1. The molecule has 0 aliphatic carbocycles. The summed E-state index contributed by atoms with van der Waals surface area (Å²) in [5.41, 5.74) is 4.40. The summed E-state index contributed by atoms with van der Waals surface area (Å²) in [6.45, 7) is -0.152. The van der Waals surface area contributed by atoms with Gasteiger partial charge in [0.1, 0.15) is 5.75 Å². The maximum absolute atomic E-state index is 11.7. The van der Waals surface area contributed by atoms with Gasteiger partial charge in [0.25, 0.3) is 5.91 Å². The fourth-order valence-electron chi connectivity index (χ4n) is 1.77. The molecule has 0 heterocycles. The summed E-state index contributed by atoms with van der Waals surface area (Å²) in [4.78, 5) is 13.7. The molecule has 120 valence electrons. The van der Waals surface area contributed by atoms with Crippen LogP contribution in [0.25, 0.3) is 0 Å². The second-order valence-electron chi connectivity index (χ2n) is 5.00. The summed E-state index contributed by atoms with van der Waals surface area (Å²) >= 11 is 5.94. The fraction of sp³-hybridized carbons (Fsp3) is 0.176. The van der Waals surface area contributed by atoms with E-state index in [4.69, 9.17) is 16.3 Å². The van der Waals surface area contributed by atoms with Crippen molar-refractivity contribution in [3.05, 3.63) is 59.1 Å². The molecule has 23 heavy (non-hydrogen) atoms. The van der Waals surface area contributed by atoms with Crippen LogP contribution < -0.4 is 15.1 Å². The van der Waals surface area contributed by atoms with E-state index in [0.717, 1.165) is 11.3 Å². The lowest BCUT2D eigenvalue weighted by Crippen LogP contribution is -2.24. The first-order valence-electron chi connectivity index (χ1n) is 7.03. The van der Waals surface area contributed by atoms with Crippen LogP contribution in [0.1, 0.15) is 5.56 Å². The van der Waals surface area contributed by atoms with Gasteiger partial charge >= 0.3 is 0 Å². The van der Waals surface area contributed by atoms with Crippen molar-refractivity contribution in [2.75, 3.05) is 25.6 Å². The summed E-state index contributed by atoms with van der Waals surface area (Å²) in [6, 6.07) is 14.8. The number of nitrogens with zero attached hydrogens (tertiary/aromatic N) is 2. The number of benzene rings is 2. The lowest BCUT2D eigenvalue weighted by Gasteiger charge is -2.11. The number of rotatable bonds is 6. The number of carbonyl (C=O) groups excluding carboxylic acids is 1. The van der Waals surface area contributed by atoms with Crippen LogP contribution in [0.4, 0.5) is 5.69 Å². The van der Waals surface area contributed by atoms with E-state index >= 15 is 0 Å². The maximum Gasteiger partial charge on any atom is 0.277 e. The van der Waals surface area contributed by atoms with E-state index in [9.17, 15) is 4.79 Å². The molecule has 0 aromatic heterocycles. The predicted octanol–water partition coefficient (Wildman–Crippen LogP) is 2.94. The summed E-state index contributed by atoms with van der Waals surface area (Å²) < 4.78 is 5.32. The second-order valence-corrected chi connectivity index (χ2v) is 5.41. The Morgan fingerprint density at radius 3 is 2.57 bits per heavy atom. The lowest BCUT2D eigenvalue weighted by molar-refractivity contribution is -0.123. The number of para-hydroxylation sites is 1. The zero-order valence-corrected chi connectivity index (χ0v) is 13.7. The van der Waals surface area contributed by atoms with Gasteiger partial charge in [-0.25, -0.2) is 5.43 Å². The average Bonchev–Trinajstić information content (AvgIpc) is 2.54. The van der Waals surface area contributed by atoms with Crippen molar-refractivity contribution in [3.63, 3.8) is 0 Å². The van der Waals surface area contributed by atoms with E-state index in [2.05, 4.69) is 10.5 Å². The molecule has 2 aromatic rings. The molecule has 0 saturated heterocycles. The maximum atomic E-state index is 11.7. The van der Waals surface area contributed by atoms with E-state index in [1.165, 1.54) is 0 Å². The minimum atomic E-state index is -0.355. The molecule has 6 heteroatoms.